The molecular weight excluding hydrogens is 294 g/mol. The normalized spacial score (nSPS) is 11.7. The third-order valence-electron chi connectivity index (χ3n) is 2.94. The molecule has 1 unspecified atom stereocenters. The van der Waals surface area contributed by atoms with Gasteiger partial charge in [-0.25, -0.2) is 4.79 Å². The Kier molecular flexibility index (Phi) is 4.55. The SMILES string of the molecule is COc1ccc(C(Nc2ccc(Cl)cc2)C(=O)O)cc1O. The first-order valence-electron chi connectivity index (χ1n) is 6.13. The fourth-order valence-corrected chi connectivity index (χ4v) is 2.01. The minimum Gasteiger partial charge on any atom is -0.504 e. The van der Waals surface area contributed by atoms with E-state index in [2.05, 4.69) is 5.32 Å². The fourth-order valence-electron chi connectivity index (χ4n) is 1.89. The Morgan fingerprint density at radius 3 is 2.43 bits per heavy atom. The average Bonchev–Trinajstić information content (AvgIpc) is 2.46. The van der Waals surface area contributed by atoms with Crippen molar-refractivity contribution in [3.8, 4) is 11.5 Å². The van der Waals surface area contributed by atoms with Crippen LogP contribution in [0.1, 0.15) is 11.6 Å². The van der Waals surface area contributed by atoms with Crippen LogP contribution < -0.4 is 10.1 Å². The first-order chi connectivity index (χ1) is 10.0. The highest BCUT2D eigenvalue weighted by molar-refractivity contribution is 6.30. The number of aliphatic carboxylic acids is 1. The van der Waals surface area contributed by atoms with Gasteiger partial charge in [-0.1, -0.05) is 17.7 Å². The standard InChI is InChI=1S/C15H14ClNO4/c1-21-13-7-2-9(8-12(13)18)14(15(19)20)17-11-5-3-10(16)4-6-11/h2-8,14,17-18H,1H3,(H,19,20). The van der Waals surface area contributed by atoms with Crippen molar-refractivity contribution in [2.75, 3.05) is 12.4 Å². The smallest absolute Gasteiger partial charge is 0.330 e. The zero-order valence-corrected chi connectivity index (χ0v) is 12.0. The van der Waals surface area contributed by atoms with Gasteiger partial charge in [-0.05, 0) is 42.0 Å². The fraction of sp³-hybridized carbons (Fsp3) is 0.133. The number of nitrogens with one attached hydrogen (secondary N) is 1. The van der Waals surface area contributed by atoms with Gasteiger partial charge in [-0.3, -0.25) is 0 Å². The molecule has 0 fully saturated rings. The van der Waals surface area contributed by atoms with Crippen molar-refractivity contribution in [3.05, 3.63) is 53.1 Å². The number of carbonyl (C=O) groups is 1. The molecule has 0 aromatic heterocycles. The largest absolute Gasteiger partial charge is 0.504 e. The number of hydrogen-bond donors (Lipinski definition) is 3. The monoisotopic (exact) mass is 307 g/mol. The van der Waals surface area contributed by atoms with Crippen LogP contribution >= 0.6 is 11.6 Å². The molecule has 0 amide bonds. The predicted molar refractivity (Wildman–Crippen MR) is 80.1 cm³/mol. The highest BCUT2D eigenvalue weighted by atomic mass is 35.5. The number of halogens is 1. The van der Waals surface area contributed by atoms with E-state index < -0.39 is 12.0 Å². The maximum absolute atomic E-state index is 11.4. The molecule has 0 aliphatic carbocycles. The molecule has 2 aromatic rings. The van der Waals surface area contributed by atoms with Crippen LogP contribution in [-0.4, -0.2) is 23.3 Å². The summed E-state index contributed by atoms with van der Waals surface area (Å²) >= 11 is 5.79. The molecule has 0 heterocycles. The summed E-state index contributed by atoms with van der Waals surface area (Å²) in [6.45, 7) is 0. The van der Waals surface area contributed by atoms with E-state index in [9.17, 15) is 15.0 Å². The van der Waals surface area contributed by atoms with Crippen LogP contribution in [0, 0.1) is 0 Å². The lowest BCUT2D eigenvalue weighted by Crippen LogP contribution is -2.20. The van der Waals surface area contributed by atoms with Crippen molar-refractivity contribution in [1.29, 1.82) is 0 Å². The molecule has 110 valence electrons. The molecule has 0 saturated heterocycles. The third-order valence-corrected chi connectivity index (χ3v) is 3.19. The van der Waals surface area contributed by atoms with Crippen molar-refractivity contribution in [3.63, 3.8) is 0 Å². The minimum atomic E-state index is -1.06. The number of ether oxygens (including phenoxy) is 1. The van der Waals surface area contributed by atoms with Gasteiger partial charge in [0.1, 0.15) is 0 Å². The number of carboxylic acids is 1. The van der Waals surface area contributed by atoms with Gasteiger partial charge in [-0.2, -0.15) is 0 Å². The second kappa shape index (κ2) is 6.37. The van der Waals surface area contributed by atoms with Crippen LogP contribution in [0.15, 0.2) is 42.5 Å². The number of phenolic OH excluding ortho intramolecular Hbond substituents is 1. The van der Waals surface area contributed by atoms with Gasteiger partial charge in [0, 0.05) is 10.7 Å². The lowest BCUT2D eigenvalue weighted by atomic mass is 10.1. The van der Waals surface area contributed by atoms with Gasteiger partial charge >= 0.3 is 5.97 Å². The second-order valence-corrected chi connectivity index (χ2v) is 4.79. The molecule has 2 aromatic carbocycles. The van der Waals surface area contributed by atoms with Crippen LogP contribution in [0.4, 0.5) is 5.69 Å². The highest BCUT2D eigenvalue weighted by Crippen LogP contribution is 2.30. The number of carboxylic acid groups (broad SMARTS) is 1. The van der Waals surface area contributed by atoms with Crippen LogP contribution in [0.5, 0.6) is 11.5 Å². The van der Waals surface area contributed by atoms with Crippen LogP contribution in [0.25, 0.3) is 0 Å². The molecule has 0 aliphatic heterocycles. The van der Waals surface area contributed by atoms with Gasteiger partial charge in [0.15, 0.2) is 17.5 Å². The first kappa shape index (κ1) is 15.0. The predicted octanol–water partition coefficient (Wildman–Crippen LogP) is 3.29. The zero-order chi connectivity index (χ0) is 15.4. The van der Waals surface area contributed by atoms with E-state index in [-0.39, 0.29) is 11.5 Å². The molecule has 0 aliphatic rings. The number of methoxy groups -OCH3 is 1. The van der Waals surface area contributed by atoms with Crippen molar-refractivity contribution in [2.24, 2.45) is 0 Å². The number of aromatic hydroxyl groups is 1. The molecule has 2 rings (SSSR count). The van der Waals surface area contributed by atoms with E-state index in [1.54, 1.807) is 30.3 Å². The minimum absolute atomic E-state index is 0.112. The molecule has 3 N–H and O–H groups in total. The number of rotatable bonds is 5. The van der Waals surface area contributed by atoms with Crippen molar-refractivity contribution >= 4 is 23.3 Å². The molecule has 0 radical (unpaired) electrons. The molecule has 0 spiro atoms. The molecule has 0 saturated carbocycles. The van der Waals surface area contributed by atoms with Crippen LogP contribution in [0.2, 0.25) is 5.02 Å². The van der Waals surface area contributed by atoms with E-state index in [0.29, 0.717) is 16.3 Å². The number of hydrogen-bond acceptors (Lipinski definition) is 4. The summed E-state index contributed by atoms with van der Waals surface area (Å²) in [4.78, 5) is 11.4. The Bertz CT molecular complexity index is 643. The maximum Gasteiger partial charge on any atom is 0.330 e. The molecule has 6 heteroatoms. The molecule has 21 heavy (non-hydrogen) atoms. The average molecular weight is 308 g/mol. The summed E-state index contributed by atoms with van der Waals surface area (Å²) in [5.41, 5.74) is 1.03. The zero-order valence-electron chi connectivity index (χ0n) is 11.2. The topological polar surface area (TPSA) is 78.8 Å². The Labute approximate surface area is 126 Å². The van der Waals surface area contributed by atoms with Crippen molar-refractivity contribution < 1.29 is 19.7 Å². The van der Waals surface area contributed by atoms with Gasteiger partial charge in [-0.15, -0.1) is 0 Å². The summed E-state index contributed by atoms with van der Waals surface area (Å²) in [6, 6.07) is 10.2. The van der Waals surface area contributed by atoms with E-state index in [1.807, 2.05) is 0 Å². The maximum atomic E-state index is 11.4. The first-order valence-corrected chi connectivity index (χ1v) is 6.51. The van der Waals surface area contributed by atoms with Gasteiger partial charge in [0.25, 0.3) is 0 Å². The Hall–Kier alpha value is -2.40. The van der Waals surface area contributed by atoms with E-state index >= 15 is 0 Å². The molecular formula is C15H14ClNO4. The van der Waals surface area contributed by atoms with Crippen molar-refractivity contribution in [2.45, 2.75) is 6.04 Å². The van der Waals surface area contributed by atoms with Crippen molar-refractivity contribution in [1.82, 2.24) is 0 Å². The summed E-state index contributed by atoms with van der Waals surface area (Å²) < 4.78 is 4.94. The number of anilines is 1. The van der Waals surface area contributed by atoms with E-state index in [4.69, 9.17) is 16.3 Å². The Morgan fingerprint density at radius 1 is 1.24 bits per heavy atom. The third kappa shape index (κ3) is 3.58. The number of benzene rings is 2. The molecule has 0 bridgehead atoms. The highest BCUT2D eigenvalue weighted by Gasteiger charge is 2.21. The van der Waals surface area contributed by atoms with Crippen LogP contribution in [0.3, 0.4) is 0 Å². The summed E-state index contributed by atoms with van der Waals surface area (Å²) in [6.07, 6.45) is 0. The van der Waals surface area contributed by atoms with Gasteiger partial charge in [0.05, 0.1) is 7.11 Å². The van der Waals surface area contributed by atoms with Crippen LogP contribution in [-0.2, 0) is 4.79 Å². The lowest BCUT2D eigenvalue weighted by molar-refractivity contribution is -0.138. The van der Waals surface area contributed by atoms with E-state index in [1.165, 1.54) is 19.2 Å². The second-order valence-electron chi connectivity index (χ2n) is 4.35. The lowest BCUT2D eigenvalue weighted by Gasteiger charge is -2.17. The Balaban J connectivity index is 2.28. The van der Waals surface area contributed by atoms with Gasteiger partial charge in [0.2, 0.25) is 0 Å². The van der Waals surface area contributed by atoms with Gasteiger partial charge < -0.3 is 20.3 Å². The Morgan fingerprint density at radius 2 is 1.90 bits per heavy atom. The quantitative estimate of drug-likeness (QED) is 0.790. The summed E-state index contributed by atoms with van der Waals surface area (Å²) in [7, 11) is 1.43. The number of phenols is 1. The summed E-state index contributed by atoms with van der Waals surface area (Å²) in [5, 5.41) is 22.6. The van der Waals surface area contributed by atoms with E-state index in [0.717, 1.165) is 0 Å². The molecule has 1 atom stereocenters. The summed E-state index contributed by atoms with van der Waals surface area (Å²) in [5.74, 6) is -0.886. The molecule has 5 nitrogen and oxygen atoms in total.